The first-order valence-corrected chi connectivity index (χ1v) is 7.68. The van der Waals surface area contributed by atoms with Gasteiger partial charge in [-0.1, -0.05) is 23.7 Å². The highest BCUT2D eigenvalue weighted by molar-refractivity contribution is 6.30. The molecule has 2 aromatic heterocycles. The van der Waals surface area contributed by atoms with Gasteiger partial charge in [0.25, 0.3) is 5.91 Å². The number of H-pyrrole nitrogens is 1. The molecule has 3 aromatic rings. The van der Waals surface area contributed by atoms with Gasteiger partial charge >= 0.3 is 0 Å². The average Bonchev–Trinajstić information content (AvgIpc) is 2.97. The Labute approximate surface area is 147 Å². The number of nitrogens with two attached hydrogens (primary N) is 1. The van der Waals surface area contributed by atoms with Gasteiger partial charge in [-0.05, 0) is 29.8 Å². The number of carbonyl (C=O) groups is 1. The van der Waals surface area contributed by atoms with Crippen molar-refractivity contribution in [3.63, 3.8) is 0 Å². The summed E-state index contributed by atoms with van der Waals surface area (Å²) < 4.78 is 13.6. The van der Waals surface area contributed by atoms with E-state index in [1.54, 1.807) is 18.2 Å². The molecule has 0 bridgehead atoms. The topological polar surface area (TPSA) is 97.0 Å². The van der Waals surface area contributed by atoms with E-state index in [9.17, 15) is 9.18 Å². The maximum absolute atomic E-state index is 13.6. The monoisotopic (exact) mass is 357 g/mol. The summed E-state index contributed by atoms with van der Waals surface area (Å²) in [7, 11) is 0. The molecular weight excluding hydrogens is 345 g/mol. The van der Waals surface area contributed by atoms with Crippen molar-refractivity contribution in [2.45, 2.75) is 6.42 Å². The Hall–Kier alpha value is -3.06. The van der Waals surface area contributed by atoms with Crippen molar-refractivity contribution in [1.29, 1.82) is 0 Å². The van der Waals surface area contributed by atoms with Gasteiger partial charge in [0.05, 0.1) is 11.9 Å². The van der Waals surface area contributed by atoms with E-state index in [1.165, 1.54) is 24.5 Å². The second kappa shape index (κ2) is 7.23. The van der Waals surface area contributed by atoms with Crippen LogP contribution in [0.2, 0.25) is 5.02 Å². The molecule has 0 spiro atoms. The van der Waals surface area contributed by atoms with E-state index in [1.807, 2.05) is 6.07 Å². The Morgan fingerprint density at radius 1 is 1.36 bits per heavy atom. The van der Waals surface area contributed by atoms with Gasteiger partial charge in [0.2, 0.25) is 0 Å². The molecule has 0 saturated heterocycles. The Kier molecular flexibility index (Phi) is 4.85. The zero-order valence-corrected chi connectivity index (χ0v) is 13.7. The molecule has 6 nitrogen and oxygen atoms in total. The van der Waals surface area contributed by atoms with Crippen LogP contribution < -0.4 is 5.73 Å². The van der Waals surface area contributed by atoms with Crippen LogP contribution in [0.1, 0.15) is 27.3 Å². The van der Waals surface area contributed by atoms with Crippen LogP contribution in [-0.4, -0.2) is 27.3 Å². The first-order chi connectivity index (χ1) is 12.0. The van der Waals surface area contributed by atoms with Crippen molar-refractivity contribution in [3.8, 4) is 0 Å². The van der Waals surface area contributed by atoms with Crippen LogP contribution in [0.25, 0.3) is 0 Å². The zero-order valence-electron chi connectivity index (χ0n) is 12.9. The van der Waals surface area contributed by atoms with Crippen LogP contribution in [0.15, 0.2) is 47.6 Å². The third kappa shape index (κ3) is 3.89. The number of nitrogens with zero attached hydrogens (tertiary/aromatic N) is 3. The summed E-state index contributed by atoms with van der Waals surface area (Å²) >= 11 is 5.97. The summed E-state index contributed by atoms with van der Waals surface area (Å²) in [5.41, 5.74) is 7.02. The van der Waals surface area contributed by atoms with Gasteiger partial charge < -0.3 is 5.73 Å². The summed E-state index contributed by atoms with van der Waals surface area (Å²) in [6, 6.07) is 9.94. The highest BCUT2D eigenvalue weighted by atomic mass is 35.5. The first kappa shape index (κ1) is 16.8. The predicted octanol–water partition coefficient (Wildman–Crippen LogP) is 3.04. The van der Waals surface area contributed by atoms with E-state index in [2.05, 4.69) is 20.2 Å². The lowest BCUT2D eigenvalue weighted by atomic mass is 10.1. The van der Waals surface area contributed by atoms with Crippen molar-refractivity contribution in [2.75, 3.05) is 0 Å². The summed E-state index contributed by atoms with van der Waals surface area (Å²) in [5.74, 6) is -1.13. The third-order valence-electron chi connectivity index (χ3n) is 3.43. The number of nitrogens with one attached hydrogen (secondary N) is 1. The standard InChI is InChI=1S/C17H13ClFN5O/c18-11-4-1-3-10(7-11)8-13-15(16(20)25)17(24-23-13)22-9-14-12(19)5-2-6-21-14/h1-7,9H,8H2,(H2,20,25)(H,23,24). The fraction of sp³-hybridized carbons (Fsp3) is 0.0588. The molecule has 25 heavy (non-hydrogen) atoms. The van der Waals surface area contributed by atoms with Gasteiger partial charge in [-0.2, -0.15) is 5.10 Å². The number of carbonyl (C=O) groups excluding carboxylic acids is 1. The fourth-order valence-electron chi connectivity index (χ4n) is 2.31. The number of aliphatic imine (C=N–C) groups is 1. The van der Waals surface area contributed by atoms with Crippen LogP contribution in [0.5, 0.6) is 0 Å². The fourth-order valence-corrected chi connectivity index (χ4v) is 2.53. The highest BCUT2D eigenvalue weighted by Crippen LogP contribution is 2.22. The Morgan fingerprint density at radius 2 is 2.20 bits per heavy atom. The second-order valence-corrected chi connectivity index (χ2v) is 5.64. The molecule has 0 unspecified atom stereocenters. The zero-order chi connectivity index (χ0) is 17.8. The molecule has 1 amide bonds. The van der Waals surface area contributed by atoms with Crippen LogP contribution in [0.3, 0.4) is 0 Å². The van der Waals surface area contributed by atoms with Crippen molar-refractivity contribution in [3.05, 3.63) is 75.9 Å². The first-order valence-electron chi connectivity index (χ1n) is 7.30. The normalized spacial score (nSPS) is 11.1. The number of rotatable bonds is 5. The number of primary amides is 1. The summed E-state index contributed by atoms with van der Waals surface area (Å²) in [6.45, 7) is 0. The van der Waals surface area contributed by atoms with Gasteiger partial charge in [-0.15, -0.1) is 0 Å². The van der Waals surface area contributed by atoms with Crippen molar-refractivity contribution < 1.29 is 9.18 Å². The van der Waals surface area contributed by atoms with E-state index in [4.69, 9.17) is 17.3 Å². The molecule has 3 rings (SSSR count). The second-order valence-electron chi connectivity index (χ2n) is 5.20. The number of halogens is 2. The van der Waals surface area contributed by atoms with Crippen LogP contribution in [-0.2, 0) is 6.42 Å². The molecule has 0 saturated carbocycles. The van der Waals surface area contributed by atoms with Crippen molar-refractivity contribution >= 4 is 29.5 Å². The van der Waals surface area contributed by atoms with Gasteiger partial charge in [-0.3, -0.25) is 14.9 Å². The molecule has 0 aliphatic heterocycles. The Bertz CT molecular complexity index is 954. The molecule has 8 heteroatoms. The Balaban J connectivity index is 1.92. The van der Waals surface area contributed by atoms with Gasteiger partial charge in [0.15, 0.2) is 5.82 Å². The van der Waals surface area contributed by atoms with E-state index in [0.29, 0.717) is 17.1 Å². The maximum Gasteiger partial charge on any atom is 0.254 e. The maximum atomic E-state index is 13.6. The number of hydrogen-bond acceptors (Lipinski definition) is 4. The Morgan fingerprint density at radius 3 is 2.92 bits per heavy atom. The van der Waals surface area contributed by atoms with E-state index >= 15 is 0 Å². The number of pyridine rings is 1. The molecule has 0 fully saturated rings. The highest BCUT2D eigenvalue weighted by Gasteiger charge is 2.18. The number of benzene rings is 1. The van der Waals surface area contributed by atoms with E-state index in [0.717, 1.165) is 5.56 Å². The smallest absolute Gasteiger partial charge is 0.254 e. The number of hydrogen-bond donors (Lipinski definition) is 2. The van der Waals surface area contributed by atoms with Crippen LogP contribution in [0, 0.1) is 5.82 Å². The number of aromatic nitrogens is 3. The van der Waals surface area contributed by atoms with Crippen molar-refractivity contribution in [2.24, 2.45) is 10.7 Å². The van der Waals surface area contributed by atoms with Gasteiger partial charge in [0, 0.05) is 17.6 Å². The molecule has 3 N–H and O–H groups in total. The molecule has 126 valence electrons. The van der Waals surface area contributed by atoms with Crippen LogP contribution in [0.4, 0.5) is 10.2 Å². The molecule has 0 aliphatic carbocycles. The van der Waals surface area contributed by atoms with Gasteiger partial charge in [-0.25, -0.2) is 9.38 Å². The minimum Gasteiger partial charge on any atom is -0.365 e. The molecule has 2 heterocycles. The third-order valence-corrected chi connectivity index (χ3v) is 3.67. The molecule has 0 aliphatic rings. The molecular formula is C17H13ClFN5O. The predicted molar refractivity (Wildman–Crippen MR) is 92.8 cm³/mol. The summed E-state index contributed by atoms with van der Waals surface area (Å²) in [6.07, 6.45) is 3.01. The van der Waals surface area contributed by atoms with E-state index in [-0.39, 0.29) is 17.1 Å². The molecule has 0 radical (unpaired) electrons. The minimum absolute atomic E-state index is 0.0392. The lowest BCUT2D eigenvalue weighted by Gasteiger charge is -2.02. The summed E-state index contributed by atoms with van der Waals surface area (Å²) in [5, 5.41) is 7.33. The molecule has 0 atom stereocenters. The lowest BCUT2D eigenvalue weighted by molar-refractivity contribution is 0.100. The lowest BCUT2D eigenvalue weighted by Crippen LogP contribution is -2.13. The largest absolute Gasteiger partial charge is 0.365 e. The number of aromatic amines is 1. The van der Waals surface area contributed by atoms with E-state index < -0.39 is 11.7 Å². The average molecular weight is 358 g/mol. The SMILES string of the molecule is NC(=O)c1c(N=Cc2ncccc2F)n[nH]c1Cc1cccc(Cl)c1. The molecule has 1 aromatic carbocycles. The van der Waals surface area contributed by atoms with Crippen LogP contribution >= 0.6 is 11.6 Å². The quantitative estimate of drug-likeness (QED) is 0.687. The van der Waals surface area contributed by atoms with Gasteiger partial charge in [0.1, 0.15) is 17.1 Å². The minimum atomic E-state index is -0.681. The summed E-state index contributed by atoms with van der Waals surface area (Å²) in [4.78, 5) is 19.7. The van der Waals surface area contributed by atoms with Crippen molar-refractivity contribution in [1.82, 2.24) is 15.2 Å². The number of amides is 1.